The quantitative estimate of drug-likeness (QED) is 0.932. The topological polar surface area (TPSA) is 35.2 Å². The molecule has 0 saturated heterocycles. The standard InChI is InChI=1S/C15H14F3NO/c1-20-14-6-5-9(7-12(14)17)8-13(19)10-3-2-4-11(16)15(10)18/h2-7,13H,8,19H2,1H3. The Morgan fingerprint density at radius 2 is 1.85 bits per heavy atom. The van der Waals surface area contributed by atoms with Crippen LogP contribution in [-0.2, 0) is 6.42 Å². The lowest BCUT2D eigenvalue weighted by atomic mass is 9.99. The summed E-state index contributed by atoms with van der Waals surface area (Å²) < 4.78 is 45.1. The molecule has 0 spiro atoms. The van der Waals surface area contributed by atoms with Crippen molar-refractivity contribution in [2.24, 2.45) is 5.73 Å². The van der Waals surface area contributed by atoms with E-state index in [1.807, 2.05) is 0 Å². The lowest BCUT2D eigenvalue weighted by molar-refractivity contribution is 0.386. The monoisotopic (exact) mass is 281 g/mol. The maximum atomic E-state index is 13.6. The third kappa shape index (κ3) is 2.93. The van der Waals surface area contributed by atoms with Crippen LogP contribution in [0.2, 0.25) is 0 Å². The minimum Gasteiger partial charge on any atom is -0.494 e. The SMILES string of the molecule is COc1ccc(CC(N)c2cccc(F)c2F)cc1F. The molecule has 20 heavy (non-hydrogen) atoms. The number of methoxy groups -OCH3 is 1. The van der Waals surface area contributed by atoms with Gasteiger partial charge in [0.05, 0.1) is 7.11 Å². The second kappa shape index (κ2) is 5.96. The Labute approximate surface area is 115 Å². The van der Waals surface area contributed by atoms with Gasteiger partial charge in [0.2, 0.25) is 0 Å². The van der Waals surface area contributed by atoms with E-state index < -0.39 is 23.5 Å². The van der Waals surface area contributed by atoms with E-state index in [-0.39, 0.29) is 17.7 Å². The molecular formula is C15H14F3NO. The predicted octanol–water partition coefficient (Wildman–Crippen LogP) is 3.36. The summed E-state index contributed by atoms with van der Waals surface area (Å²) in [6.07, 6.45) is 0.196. The predicted molar refractivity (Wildman–Crippen MR) is 69.9 cm³/mol. The molecule has 0 aromatic heterocycles. The van der Waals surface area contributed by atoms with Crippen molar-refractivity contribution < 1.29 is 17.9 Å². The minimum atomic E-state index is -0.964. The first kappa shape index (κ1) is 14.4. The van der Waals surface area contributed by atoms with Crippen molar-refractivity contribution in [2.75, 3.05) is 7.11 Å². The van der Waals surface area contributed by atoms with Gasteiger partial charge in [-0.1, -0.05) is 18.2 Å². The summed E-state index contributed by atoms with van der Waals surface area (Å²) in [4.78, 5) is 0. The maximum Gasteiger partial charge on any atom is 0.165 e. The summed E-state index contributed by atoms with van der Waals surface area (Å²) in [7, 11) is 1.37. The van der Waals surface area contributed by atoms with E-state index in [0.717, 1.165) is 6.07 Å². The van der Waals surface area contributed by atoms with E-state index in [1.165, 1.54) is 31.4 Å². The molecule has 0 bridgehead atoms. The zero-order chi connectivity index (χ0) is 14.7. The van der Waals surface area contributed by atoms with Gasteiger partial charge >= 0.3 is 0 Å². The normalized spacial score (nSPS) is 12.2. The molecule has 2 rings (SSSR count). The fourth-order valence-electron chi connectivity index (χ4n) is 2.01. The number of nitrogens with two attached hydrogens (primary N) is 1. The average molecular weight is 281 g/mol. The van der Waals surface area contributed by atoms with Crippen LogP contribution in [0, 0.1) is 17.5 Å². The van der Waals surface area contributed by atoms with Gasteiger partial charge in [0.15, 0.2) is 23.2 Å². The van der Waals surface area contributed by atoms with Crippen LogP contribution in [0.5, 0.6) is 5.75 Å². The zero-order valence-electron chi connectivity index (χ0n) is 10.9. The van der Waals surface area contributed by atoms with Crippen molar-refractivity contribution in [1.29, 1.82) is 0 Å². The van der Waals surface area contributed by atoms with Crippen molar-refractivity contribution >= 4 is 0 Å². The van der Waals surface area contributed by atoms with E-state index in [2.05, 4.69) is 0 Å². The first-order valence-electron chi connectivity index (χ1n) is 6.05. The van der Waals surface area contributed by atoms with Crippen molar-refractivity contribution in [1.82, 2.24) is 0 Å². The highest BCUT2D eigenvalue weighted by Crippen LogP contribution is 2.23. The van der Waals surface area contributed by atoms with E-state index in [0.29, 0.717) is 5.56 Å². The van der Waals surface area contributed by atoms with Gasteiger partial charge in [0.25, 0.3) is 0 Å². The van der Waals surface area contributed by atoms with Crippen molar-refractivity contribution in [2.45, 2.75) is 12.5 Å². The highest BCUT2D eigenvalue weighted by Gasteiger charge is 2.15. The number of benzene rings is 2. The lowest BCUT2D eigenvalue weighted by Crippen LogP contribution is -2.15. The van der Waals surface area contributed by atoms with Gasteiger partial charge in [-0.3, -0.25) is 0 Å². The summed E-state index contributed by atoms with van der Waals surface area (Å²) in [5.41, 5.74) is 6.51. The molecule has 2 aromatic rings. The molecule has 0 heterocycles. The third-order valence-electron chi connectivity index (χ3n) is 3.05. The smallest absolute Gasteiger partial charge is 0.165 e. The highest BCUT2D eigenvalue weighted by atomic mass is 19.2. The van der Waals surface area contributed by atoms with Crippen LogP contribution in [0.15, 0.2) is 36.4 Å². The molecule has 2 nitrogen and oxygen atoms in total. The van der Waals surface area contributed by atoms with E-state index in [9.17, 15) is 13.2 Å². The second-order valence-electron chi connectivity index (χ2n) is 4.42. The number of hydrogen-bond donors (Lipinski definition) is 1. The van der Waals surface area contributed by atoms with E-state index in [4.69, 9.17) is 10.5 Å². The molecule has 0 fully saturated rings. The lowest BCUT2D eigenvalue weighted by Gasteiger charge is -2.14. The molecule has 2 N–H and O–H groups in total. The molecule has 1 atom stereocenters. The number of hydrogen-bond acceptors (Lipinski definition) is 2. The number of halogens is 3. The van der Waals surface area contributed by atoms with Crippen LogP contribution in [0.3, 0.4) is 0 Å². The molecule has 0 saturated carbocycles. The molecule has 1 unspecified atom stereocenters. The second-order valence-corrected chi connectivity index (χ2v) is 4.42. The molecule has 0 aliphatic carbocycles. The first-order valence-corrected chi connectivity index (χ1v) is 6.05. The fourth-order valence-corrected chi connectivity index (χ4v) is 2.01. The molecule has 0 radical (unpaired) electrons. The Hall–Kier alpha value is -2.01. The zero-order valence-corrected chi connectivity index (χ0v) is 10.9. The van der Waals surface area contributed by atoms with Crippen LogP contribution in [0.1, 0.15) is 17.2 Å². The van der Waals surface area contributed by atoms with Gasteiger partial charge in [-0.05, 0) is 30.2 Å². The van der Waals surface area contributed by atoms with Crippen molar-refractivity contribution in [3.05, 3.63) is 65.0 Å². The molecule has 0 aliphatic heterocycles. The highest BCUT2D eigenvalue weighted by molar-refractivity contribution is 5.31. The molecule has 0 aliphatic rings. The number of ether oxygens (including phenoxy) is 1. The first-order chi connectivity index (χ1) is 9.52. The van der Waals surface area contributed by atoms with E-state index >= 15 is 0 Å². The van der Waals surface area contributed by atoms with Gasteiger partial charge in [-0.2, -0.15) is 0 Å². The van der Waals surface area contributed by atoms with Crippen LogP contribution in [-0.4, -0.2) is 7.11 Å². The molecule has 5 heteroatoms. The third-order valence-corrected chi connectivity index (χ3v) is 3.05. The number of rotatable bonds is 4. The summed E-state index contributed by atoms with van der Waals surface area (Å²) >= 11 is 0. The van der Waals surface area contributed by atoms with Gasteiger partial charge in [0, 0.05) is 11.6 Å². The Morgan fingerprint density at radius 3 is 2.50 bits per heavy atom. The molecule has 2 aromatic carbocycles. The van der Waals surface area contributed by atoms with E-state index in [1.54, 1.807) is 6.07 Å². The van der Waals surface area contributed by atoms with Crippen LogP contribution >= 0.6 is 0 Å². The van der Waals surface area contributed by atoms with Gasteiger partial charge in [-0.15, -0.1) is 0 Å². The molecular weight excluding hydrogens is 267 g/mol. The van der Waals surface area contributed by atoms with Crippen molar-refractivity contribution in [3.63, 3.8) is 0 Å². The largest absolute Gasteiger partial charge is 0.494 e. The van der Waals surface area contributed by atoms with Crippen LogP contribution in [0.25, 0.3) is 0 Å². The van der Waals surface area contributed by atoms with Gasteiger partial charge in [-0.25, -0.2) is 13.2 Å². The Balaban J connectivity index is 2.21. The van der Waals surface area contributed by atoms with Crippen molar-refractivity contribution in [3.8, 4) is 5.75 Å². The molecule has 0 amide bonds. The minimum absolute atomic E-state index is 0.0706. The fraction of sp³-hybridized carbons (Fsp3) is 0.200. The average Bonchev–Trinajstić information content (AvgIpc) is 2.42. The Kier molecular flexibility index (Phi) is 4.29. The van der Waals surface area contributed by atoms with Gasteiger partial charge < -0.3 is 10.5 Å². The Morgan fingerprint density at radius 1 is 1.10 bits per heavy atom. The maximum absolute atomic E-state index is 13.6. The van der Waals surface area contributed by atoms with Crippen LogP contribution in [0.4, 0.5) is 13.2 Å². The molecule has 106 valence electrons. The van der Waals surface area contributed by atoms with Gasteiger partial charge in [0.1, 0.15) is 0 Å². The summed E-state index contributed by atoms with van der Waals surface area (Å²) in [5.74, 6) is -2.30. The van der Waals surface area contributed by atoms with Crippen LogP contribution < -0.4 is 10.5 Å². The summed E-state index contributed by atoms with van der Waals surface area (Å²) in [5, 5.41) is 0. The Bertz CT molecular complexity index is 616. The summed E-state index contributed by atoms with van der Waals surface area (Å²) in [6.45, 7) is 0. The summed E-state index contributed by atoms with van der Waals surface area (Å²) in [6, 6.07) is 7.47.